The van der Waals surface area contributed by atoms with E-state index in [1.54, 1.807) is 0 Å². The SMILES string of the molecule is CCNC(c1ccccc1)C1(C)CCCC1. The van der Waals surface area contributed by atoms with Crippen LogP contribution in [-0.4, -0.2) is 6.54 Å². The first-order valence-corrected chi connectivity index (χ1v) is 6.54. The molecule has 16 heavy (non-hydrogen) atoms. The normalized spacial score (nSPS) is 20.9. The van der Waals surface area contributed by atoms with Crippen LogP contribution in [0.25, 0.3) is 0 Å². The Bertz CT molecular complexity index is 311. The lowest BCUT2D eigenvalue weighted by atomic mass is 9.77. The van der Waals surface area contributed by atoms with Gasteiger partial charge in [0.25, 0.3) is 0 Å². The third-order valence-electron chi connectivity index (χ3n) is 3.98. The second-order valence-electron chi connectivity index (χ2n) is 5.26. The van der Waals surface area contributed by atoms with Crippen LogP contribution in [0.4, 0.5) is 0 Å². The first-order valence-electron chi connectivity index (χ1n) is 6.54. The number of hydrogen-bond donors (Lipinski definition) is 1. The van der Waals surface area contributed by atoms with E-state index < -0.39 is 0 Å². The average molecular weight is 217 g/mol. The second-order valence-corrected chi connectivity index (χ2v) is 5.26. The molecule has 0 radical (unpaired) electrons. The van der Waals surface area contributed by atoms with Gasteiger partial charge in [-0.1, -0.05) is 57.0 Å². The smallest absolute Gasteiger partial charge is 0.0374 e. The summed E-state index contributed by atoms with van der Waals surface area (Å²) in [5, 5.41) is 3.68. The van der Waals surface area contributed by atoms with Gasteiger partial charge in [0.1, 0.15) is 0 Å². The predicted molar refractivity (Wildman–Crippen MR) is 69.4 cm³/mol. The van der Waals surface area contributed by atoms with Crippen molar-refractivity contribution in [3.8, 4) is 0 Å². The van der Waals surface area contributed by atoms with E-state index in [1.807, 2.05) is 0 Å². The van der Waals surface area contributed by atoms with Gasteiger partial charge in [0.2, 0.25) is 0 Å². The van der Waals surface area contributed by atoms with Gasteiger partial charge in [-0.05, 0) is 30.4 Å². The topological polar surface area (TPSA) is 12.0 Å². The van der Waals surface area contributed by atoms with Crippen molar-refractivity contribution in [3.05, 3.63) is 35.9 Å². The lowest BCUT2D eigenvalue weighted by Gasteiger charge is -2.35. The van der Waals surface area contributed by atoms with Gasteiger partial charge in [-0.15, -0.1) is 0 Å². The maximum absolute atomic E-state index is 3.68. The van der Waals surface area contributed by atoms with Crippen molar-refractivity contribution < 1.29 is 0 Å². The zero-order valence-corrected chi connectivity index (χ0v) is 10.5. The summed E-state index contributed by atoms with van der Waals surface area (Å²) in [4.78, 5) is 0. The Kier molecular flexibility index (Phi) is 3.65. The largest absolute Gasteiger partial charge is 0.310 e. The Morgan fingerprint density at radius 1 is 1.19 bits per heavy atom. The lowest BCUT2D eigenvalue weighted by Crippen LogP contribution is -2.34. The van der Waals surface area contributed by atoms with Crippen molar-refractivity contribution >= 4 is 0 Å². The molecule has 88 valence electrons. The predicted octanol–water partition coefficient (Wildman–Crippen LogP) is 3.92. The zero-order chi connectivity index (χ0) is 11.4. The van der Waals surface area contributed by atoms with Gasteiger partial charge in [0.05, 0.1) is 0 Å². The molecule has 1 aromatic rings. The summed E-state index contributed by atoms with van der Waals surface area (Å²) in [7, 11) is 0. The standard InChI is InChI=1S/C15H23N/c1-3-16-14(13-9-5-4-6-10-13)15(2)11-7-8-12-15/h4-6,9-10,14,16H,3,7-8,11-12H2,1-2H3. The van der Waals surface area contributed by atoms with Crippen LogP contribution in [0, 0.1) is 5.41 Å². The molecule has 1 saturated carbocycles. The Labute approximate surface area is 99.3 Å². The molecule has 0 saturated heterocycles. The summed E-state index contributed by atoms with van der Waals surface area (Å²) < 4.78 is 0. The Morgan fingerprint density at radius 3 is 2.38 bits per heavy atom. The summed E-state index contributed by atoms with van der Waals surface area (Å²) >= 11 is 0. The van der Waals surface area contributed by atoms with Crippen molar-refractivity contribution in [2.75, 3.05) is 6.54 Å². The Hall–Kier alpha value is -0.820. The Morgan fingerprint density at radius 2 is 1.81 bits per heavy atom. The van der Waals surface area contributed by atoms with E-state index in [0.717, 1.165) is 6.54 Å². The minimum Gasteiger partial charge on any atom is -0.310 e. The van der Waals surface area contributed by atoms with Gasteiger partial charge in [-0.2, -0.15) is 0 Å². The highest BCUT2D eigenvalue weighted by Crippen LogP contribution is 2.47. The fourth-order valence-corrected chi connectivity index (χ4v) is 3.09. The molecular weight excluding hydrogens is 194 g/mol. The number of rotatable bonds is 4. The third kappa shape index (κ3) is 2.30. The summed E-state index contributed by atoms with van der Waals surface area (Å²) in [5.74, 6) is 0. The van der Waals surface area contributed by atoms with Crippen LogP contribution in [0.15, 0.2) is 30.3 Å². The van der Waals surface area contributed by atoms with E-state index in [9.17, 15) is 0 Å². The molecule has 1 aromatic carbocycles. The van der Waals surface area contributed by atoms with Gasteiger partial charge in [0.15, 0.2) is 0 Å². The summed E-state index contributed by atoms with van der Waals surface area (Å²) in [6.45, 7) is 5.70. The summed E-state index contributed by atoms with van der Waals surface area (Å²) in [6.07, 6.45) is 5.51. The van der Waals surface area contributed by atoms with Gasteiger partial charge < -0.3 is 5.32 Å². The van der Waals surface area contributed by atoms with Crippen molar-refractivity contribution in [1.82, 2.24) is 5.32 Å². The van der Waals surface area contributed by atoms with Crippen LogP contribution in [0.1, 0.15) is 51.1 Å². The van der Waals surface area contributed by atoms with Gasteiger partial charge in [0, 0.05) is 6.04 Å². The van der Waals surface area contributed by atoms with Crippen LogP contribution >= 0.6 is 0 Å². The molecule has 0 heterocycles. The molecule has 1 heteroatoms. The van der Waals surface area contributed by atoms with E-state index in [4.69, 9.17) is 0 Å². The fraction of sp³-hybridized carbons (Fsp3) is 0.600. The van der Waals surface area contributed by atoms with Gasteiger partial charge in [-0.25, -0.2) is 0 Å². The minimum absolute atomic E-state index is 0.456. The molecule has 0 aliphatic heterocycles. The highest BCUT2D eigenvalue weighted by atomic mass is 14.9. The second kappa shape index (κ2) is 5.01. The van der Waals surface area contributed by atoms with Crippen LogP contribution in [0.5, 0.6) is 0 Å². The molecule has 0 spiro atoms. The monoisotopic (exact) mass is 217 g/mol. The van der Waals surface area contributed by atoms with Gasteiger partial charge >= 0.3 is 0 Å². The summed E-state index contributed by atoms with van der Waals surface area (Å²) in [5.41, 5.74) is 1.91. The molecule has 1 nitrogen and oxygen atoms in total. The van der Waals surface area contributed by atoms with Crippen molar-refractivity contribution in [2.45, 2.75) is 45.6 Å². The maximum Gasteiger partial charge on any atom is 0.0374 e. The quantitative estimate of drug-likeness (QED) is 0.806. The van der Waals surface area contributed by atoms with E-state index in [1.165, 1.54) is 31.2 Å². The van der Waals surface area contributed by atoms with E-state index in [-0.39, 0.29) is 0 Å². The van der Waals surface area contributed by atoms with E-state index >= 15 is 0 Å². The highest BCUT2D eigenvalue weighted by molar-refractivity contribution is 5.21. The average Bonchev–Trinajstić information content (AvgIpc) is 2.75. The fourth-order valence-electron chi connectivity index (χ4n) is 3.09. The zero-order valence-electron chi connectivity index (χ0n) is 10.5. The number of hydrogen-bond acceptors (Lipinski definition) is 1. The molecular formula is C15H23N. The Balaban J connectivity index is 2.23. The molecule has 0 amide bonds. The number of nitrogens with one attached hydrogen (secondary N) is 1. The van der Waals surface area contributed by atoms with Crippen LogP contribution in [0.3, 0.4) is 0 Å². The molecule has 0 bridgehead atoms. The lowest BCUT2D eigenvalue weighted by molar-refractivity contribution is 0.226. The molecule has 1 aliphatic rings. The van der Waals surface area contributed by atoms with Crippen LogP contribution in [0.2, 0.25) is 0 Å². The van der Waals surface area contributed by atoms with Crippen molar-refractivity contribution in [1.29, 1.82) is 0 Å². The van der Waals surface area contributed by atoms with Crippen LogP contribution < -0.4 is 5.32 Å². The minimum atomic E-state index is 0.456. The molecule has 1 atom stereocenters. The first-order chi connectivity index (χ1) is 7.76. The highest BCUT2D eigenvalue weighted by Gasteiger charge is 2.37. The van der Waals surface area contributed by atoms with E-state index in [0.29, 0.717) is 11.5 Å². The molecule has 1 unspecified atom stereocenters. The maximum atomic E-state index is 3.68. The van der Waals surface area contributed by atoms with Crippen molar-refractivity contribution in [3.63, 3.8) is 0 Å². The van der Waals surface area contributed by atoms with Gasteiger partial charge in [-0.3, -0.25) is 0 Å². The molecule has 1 N–H and O–H groups in total. The summed E-state index contributed by atoms with van der Waals surface area (Å²) in [6, 6.07) is 11.5. The molecule has 2 rings (SSSR count). The molecule has 1 aliphatic carbocycles. The third-order valence-corrected chi connectivity index (χ3v) is 3.98. The number of benzene rings is 1. The van der Waals surface area contributed by atoms with Crippen molar-refractivity contribution in [2.24, 2.45) is 5.41 Å². The molecule has 0 aromatic heterocycles. The van der Waals surface area contributed by atoms with Crippen LogP contribution in [-0.2, 0) is 0 Å². The first kappa shape index (κ1) is 11.7. The molecule has 1 fully saturated rings. The van der Waals surface area contributed by atoms with E-state index in [2.05, 4.69) is 49.5 Å².